The van der Waals surface area contributed by atoms with Gasteiger partial charge >= 0.3 is 0 Å². The molecule has 1 aliphatic heterocycles. The fourth-order valence-corrected chi connectivity index (χ4v) is 4.64. The van der Waals surface area contributed by atoms with Gasteiger partial charge in [0.05, 0.1) is 10.9 Å². The van der Waals surface area contributed by atoms with E-state index in [1.165, 1.54) is 0 Å². The van der Waals surface area contributed by atoms with E-state index in [-0.39, 0.29) is 6.04 Å². The molecule has 118 valence electrons. The maximum Gasteiger partial charge on any atom is 0.243 e. The Morgan fingerprint density at radius 2 is 1.77 bits per heavy atom. The SMILES string of the molecule is CC(C)c1ccc(S(=O)(=O)N2CCn3cccc3[C@@H]2C)cc1. The molecule has 0 fully saturated rings. The van der Waals surface area contributed by atoms with E-state index in [0.29, 0.717) is 23.9 Å². The molecule has 0 aliphatic carbocycles. The van der Waals surface area contributed by atoms with Gasteiger partial charge in [-0.1, -0.05) is 26.0 Å². The van der Waals surface area contributed by atoms with E-state index in [2.05, 4.69) is 18.4 Å². The molecule has 22 heavy (non-hydrogen) atoms. The third-order valence-corrected chi connectivity index (χ3v) is 6.42. The van der Waals surface area contributed by atoms with Gasteiger partial charge < -0.3 is 4.57 Å². The third-order valence-electron chi connectivity index (χ3n) is 4.44. The molecule has 0 N–H and O–H groups in total. The topological polar surface area (TPSA) is 42.3 Å². The number of sulfonamides is 1. The van der Waals surface area contributed by atoms with Crippen LogP contribution in [0.5, 0.6) is 0 Å². The van der Waals surface area contributed by atoms with Crippen molar-refractivity contribution in [2.24, 2.45) is 0 Å². The van der Waals surface area contributed by atoms with E-state index in [1.807, 2.05) is 37.4 Å². The van der Waals surface area contributed by atoms with Crippen molar-refractivity contribution in [2.75, 3.05) is 6.54 Å². The van der Waals surface area contributed by atoms with Crippen LogP contribution in [0, 0.1) is 0 Å². The Balaban J connectivity index is 1.93. The van der Waals surface area contributed by atoms with Crippen molar-refractivity contribution < 1.29 is 8.42 Å². The van der Waals surface area contributed by atoms with Gasteiger partial charge in [-0.25, -0.2) is 8.42 Å². The summed E-state index contributed by atoms with van der Waals surface area (Å²) in [7, 11) is -3.45. The predicted molar refractivity (Wildman–Crippen MR) is 87.3 cm³/mol. The smallest absolute Gasteiger partial charge is 0.243 e. The van der Waals surface area contributed by atoms with Crippen LogP contribution in [-0.2, 0) is 16.6 Å². The molecule has 1 aromatic heterocycles. The highest BCUT2D eigenvalue weighted by molar-refractivity contribution is 7.89. The molecule has 1 aliphatic rings. The Bertz CT molecular complexity index is 760. The molecule has 0 saturated heterocycles. The minimum Gasteiger partial charge on any atom is -0.349 e. The van der Waals surface area contributed by atoms with Crippen LogP contribution in [0.3, 0.4) is 0 Å². The third kappa shape index (κ3) is 2.48. The Morgan fingerprint density at radius 1 is 1.09 bits per heavy atom. The lowest BCUT2D eigenvalue weighted by Crippen LogP contribution is -2.40. The summed E-state index contributed by atoms with van der Waals surface area (Å²) in [5.74, 6) is 0.397. The number of benzene rings is 1. The first kappa shape index (κ1) is 15.3. The number of rotatable bonds is 3. The summed E-state index contributed by atoms with van der Waals surface area (Å²) in [6.45, 7) is 7.37. The zero-order chi connectivity index (χ0) is 15.9. The second-order valence-electron chi connectivity index (χ2n) is 6.14. The second-order valence-corrected chi connectivity index (χ2v) is 8.03. The van der Waals surface area contributed by atoms with Crippen molar-refractivity contribution in [1.29, 1.82) is 0 Å². The van der Waals surface area contributed by atoms with Gasteiger partial charge in [0.15, 0.2) is 0 Å². The maximum atomic E-state index is 12.9. The highest BCUT2D eigenvalue weighted by Gasteiger charge is 2.33. The number of fused-ring (bicyclic) bond motifs is 1. The number of hydrogen-bond acceptors (Lipinski definition) is 2. The molecule has 1 atom stereocenters. The lowest BCUT2D eigenvalue weighted by molar-refractivity contribution is 0.282. The maximum absolute atomic E-state index is 12.9. The highest BCUT2D eigenvalue weighted by Crippen LogP contribution is 2.31. The summed E-state index contributed by atoms with van der Waals surface area (Å²) in [6.07, 6.45) is 2.01. The molecular weight excluding hydrogens is 296 g/mol. The molecule has 5 heteroatoms. The minimum atomic E-state index is -3.45. The predicted octanol–water partition coefficient (Wildman–Crippen LogP) is 3.38. The molecule has 0 spiro atoms. The van der Waals surface area contributed by atoms with E-state index in [9.17, 15) is 8.42 Å². The highest BCUT2D eigenvalue weighted by atomic mass is 32.2. The van der Waals surface area contributed by atoms with Crippen LogP contribution in [0.15, 0.2) is 47.5 Å². The zero-order valence-corrected chi connectivity index (χ0v) is 14.0. The molecule has 2 heterocycles. The molecule has 1 aromatic carbocycles. The van der Waals surface area contributed by atoms with E-state index in [1.54, 1.807) is 16.4 Å². The summed E-state index contributed by atoms with van der Waals surface area (Å²) in [6, 6.07) is 11.1. The first-order chi connectivity index (χ1) is 10.4. The van der Waals surface area contributed by atoms with Crippen LogP contribution in [-0.4, -0.2) is 23.8 Å². The largest absolute Gasteiger partial charge is 0.349 e. The Hall–Kier alpha value is -1.59. The van der Waals surface area contributed by atoms with E-state index < -0.39 is 10.0 Å². The zero-order valence-electron chi connectivity index (χ0n) is 13.2. The fourth-order valence-electron chi connectivity index (χ4n) is 3.05. The molecule has 4 nitrogen and oxygen atoms in total. The first-order valence-corrected chi connectivity index (χ1v) is 9.12. The van der Waals surface area contributed by atoms with E-state index in [4.69, 9.17) is 0 Å². The van der Waals surface area contributed by atoms with Crippen molar-refractivity contribution in [3.63, 3.8) is 0 Å². The van der Waals surface area contributed by atoms with Gasteiger partial charge in [-0.2, -0.15) is 4.31 Å². The van der Waals surface area contributed by atoms with Crippen molar-refractivity contribution in [1.82, 2.24) is 8.87 Å². The quantitative estimate of drug-likeness (QED) is 0.870. The van der Waals surface area contributed by atoms with Gasteiger partial charge in [-0.15, -0.1) is 0 Å². The monoisotopic (exact) mass is 318 g/mol. The summed E-state index contributed by atoms with van der Waals surface area (Å²) in [5, 5.41) is 0. The van der Waals surface area contributed by atoms with Gasteiger partial charge in [-0.05, 0) is 42.7 Å². The van der Waals surface area contributed by atoms with Crippen molar-refractivity contribution in [2.45, 2.75) is 44.2 Å². The van der Waals surface area contributed by atoms with Crippen LogP contribution in [0.25, 0.3) is 0 Å². The molecule has 0 bridgehead atoms. The molecule has 0 saturated carbocycles. The van der Waals surface area contributed by atoms with Crippen LogP contribution < -0.4 is 0 Å². The van der Waals surface area contributed by atoms with Gasteiger partial charge in [0.2, 0.25) is 10.0 Å². The number of nitrogens with zero attached hydrogens (tertiary/aromatic N) is 2. The number of aromatic nitrogens is 1. The second kappa shape index (κ2) is 5.56. The number of hydrogen-bond donors (Lipinski definition) is 0. The van der Waals surface area contributed by atoms with Gasteiger partial charge in [0, 0.05) is 25.0 Å². The molecule has 0 amide bonds. The minimum absolute atomic E-state index is 0.140. The molecule has 0 unspecified atom stereocenters. The summed E-state index contributed by atoms with van der Waals surface area (Å²) >= 11 is 0. The van der Waals surface area contributed by atoms with Crippen LogP contribution in [0.4, 0.5) is 0 Å². The summed E-state index contributed by atoms with van der Waals surface area (Å²) in [4.78, 5) is 0.378. The molecule has 3 rings (SSSR count). The van der Waals surface area contributed by atoms with Crippen LogP contribution in [0.2, 0.25) is 0 Å². The summed E-state index contributed by atoms with van der Waals surface area (Å²) < 4.78 is 29.6. The van der Waals surface area contributed by atoms with E-state index in [0.717, 1.165) is 11.3 Å². The van der Waals surface area contributed by atoms with Gasteiger partial charge in [-0.3, -0.25) is 0 Å². The summed E-state index contributed by atoms with van der Waals surface area (Å²) in [5.41, 5.74) is 2.20. The van der Waals surface area contributed by atoms with Gasteiger partial charge in [0.25, 0.3) is 0 Å². The Kier molecular flexibility index (Phi) is 3.87. The fraction of sp³-hybridized carbons (Fsp3) is 0.412. The Morgan fingerprint density at radius 3 is 2.41 bits per heavy atom. The van der Waals surface area contributed by atoms with Gasteiger partial charge in [0.1, 0.15) is 0 Å². The van der Waals surface area contributed by atoms with Crippen molar-refractivity contribution >= 4 is 10.0 Å². The molecule has 2 aromatic rings. The van der Waals surface area contributed by atoms with Crippen LogP contribution >= 0.6 is 0 Å². The van der Waals surface area contributed by atoms with Crippen molar-refractivity contribution in [3.05, 3.63) is 53.9 Å². The average Bonchev–Trinajstić information content (AvgIpc) is 2.97. The lowest BCUT2D eigenvalue weighted by Gasteiger charge is -2.33. The molecule has 0 radical (unpaired) electrons. The normalized spacial score (nSPS) is 19.4. The van der Waals surface area contributed by atoms with Crippen LogP contribution in [0.1, 0.15) is 44.0 Å². The standard InChI is InChI=1S/C17H22N2O2S/c1-13(2)15-6-8-16(9-7-15)22(20,21)19-12-11-18-10-4-5-17(18)14(19)3/h4-10,13-14H,11-12H2,1-3H3/t14-/m0/s1. The van der Waals surface area contributed by atoms with Crippen molar-refractivity contribution in [3.8, 4) is 0 Å². The molecular formula is C17H22N2O2S. The first-order valence-electron chi connectivity index (χ1n) is 7.68. The average molecular weight is 318 g/mol. The lowest BCUT2D eigenvalue weighted by atomic mass is 10.0. The Labute approximate surface area is 132 Å². The van der Waals surface area contributed by atoms with E-state index >= 15 is 0 Å².